The van der Waals surface area contributed by atoms with E-state index in [2.05, 4.69) is 12.2 Å². The number of nitrogens with zero attached hydrogens (tertiary/aromatic N) is 1. The van der Waals surface area contributed by atoms with Gasteiger partial charge in [0, 0.05) is 19.5 Å². The van der Waals surface area contributed by atoms with E-state index < -0.39 is 5.97 Å². The Hall–Kier alpha value is -3.15. The SMILES string of the molecule is CCc1ccc(C(C)NC(=O)COC(=O)c2cccc(CN3CCCC3=O)c2)cc1. The highest BCUT2D eigenvalue weighted by atomic mass is 16.5. The van der Waals surface area contributed by atoms with Crippen LogP contribution in [0.5, 0.6) is 0 Å². The lowest BCUT2D eigenvalue weighted by molar-refractivity contribution is -0.128. The van der Waals surface area contributed by atoms with Crippen LogP contribution in [0.3, 0.4) is 0 Å². The molecule has 30 heavy (non-hydrogen) atoms. The van der Waals surface area contributed by atoms with Gasteiger partial charge in [-0.2, -0.15) is 0 Å². The summed E-state index contributed by atoms with van der Waals surface area (Å²) in [6, 6.07) is 14.9. The van der Waals surface area contributed by atoms with E-state index in [1.165, 1.54) is 5.56 Å². The van der Waals surface area contributed by atoms with Crippen molar-refractivity contribution in [1.82, 2.24) is 10.2 Å². The van der Waals surface area contributed by atoms with Crippen molar-refractivity contribution < 1.29 is 19.1 Å². The minimum atomic E-state index is -0.556. The summed E-state index contributed by atoms with van der Waals surface area (Å²) in [5.74, 6) is -0.771. The van der Waals surface area contributed by atoms with Gasteiger partial charge in [-0.3, -0.25) is 9.59 Å². The highest BCUT2D eigenvalue weighted by Gasteiger charge is 2.20. The lowest BCUT2D eigenvalue weighted by Crippen LogP contribution is -2.31. The topological polar surface area (TPSA) is 75.7 Å². The fourth-order valence-electron chi connectivity index (χ4n) is 3.51. The predicted molar refractivity (Wildman–Crippen MR) is 114 cm³/mol. The quantitative estimate of drug-likeness (QED) is 0.679. The van der Waals surface area contributed by atoms with E-state index in [4.69, 9.17) is 4.74 Å². The minimum absolute atomic E-state index is 0.137. The Balaban J connectivity index is 1.50. The Bertz CT molecular complexity index is 908. The number of rotatable bonds is 8. The zero-order valence-corrected chi connectivity index (χ0v) is 17.5. The smallest absolute Gasteiger partial charge is 0.338 e. The second-order valence-electron chi connectivity index (χ2n) is 7.58. The van der Waals surface area contributed by atoms with Crippen LogP contribution in [0.4, 0.5) is 0 Å². The summed E-state index contributed by atoms with van der Waals surface area (Å²) in [7, 11) is 0. The number of hydrogen-bond donors (Lipinski definition) is 1. The van der Waals surface area contributed by atoms with E-state index >= 15 is 0 Å². The summed E-state index contributed by atoms with van der Waals surface area (Å²) < 4.78 is 5.18. The van der Waals surface area contributed by atoms with Crippen molar-refractivity contribution in [2.45, 2.75) is 45.7 Å². The summed E-state index contributed by atoms with van der Waals surface area (Å²) in [6.45, 7) is 4.87. The zero-order valence-electron chi connectivity index (χ0n) is 17.5. The van der Waals surface area contributed by atoms with Crippen LogP contribution >= 0.6 is 0 Å². The maximum atomic E-state index is 12.3. The number of aryl methyl sites for hydroxylation is 1. The Labute approximate surface area is 177 Å². The third-order valence-corrected chi connectivity index (χ3v) is 5.31. The van der Waals surface area contributed by atoms with Crippen LogP contribution in [-0.4, -0.2) is 35.8 Å². The molecule has 0 bridgehead atoms. The molecule has 0 spiro atoms. The first-order chi connectivity index (χ1) is 14.5. The molecule has 1 aliphatic heterocycles. The summed E-state index contributed by atoms with van der Waals surface area (Å²) in [5, 5.41) is 2.84. The second kappa shape index (κ2) is 10.1. The van der Waals surface area contributed by atoms with Gasteiger partial charge in [0.15, 0.2) is 6.61 Å². The molecule has 2 aromatic rings. The standard InChI is InChI=1S/C24H28N2O4/c1-3-18-9-11-20(12-10-18)17(2)25-22(27)16-30-24(29)21-7-4-6-19(14-21)15-26-13-5-8-23(26)28/h4,6-7,9-12,14,17H,3,5,8,13,15-16H2,1-2H3,(H,25,27). The second-order valence-corrected chi connectivity index (χ2v) is 7.58. The van der Waals surface area contributed by atoms with Gasteiger partial charge in [0.1, 0.15) is 0 Å². The molecule has 1 unspecified atom stereocenters. The molecule has 1 aliphatic rings. The van der Waals surface area contributed by atoms with Crippen molar-refractivity contribution in [2.75, 3.05) is 13.2 Å². The van der Waals surface area contributed by atoms with Crippen molar-refractivity contribution in [3.8, 4) is 0 Å². The van der Waals surface area contributed by atoms with E-state index in [1.807, 2.05) is 37.3 Å². The van der Waals surface area contributed by atoms with Crippen LogP contribution in [0, 0.1) is 0 Å². The van der Waals surface area contributed by atoms with Crippen molar-refractivity contribution in [3.05, 3.63) is 70.8 Å². The third-order valence-electron chi connectivity index (χ3n) is 5.31. The molecule has 2 amide bonds. The number of esters is 1. The Morgan fingerprint density at radius 1 is 1.13 bits per heavy atom. The summed E-state index contributed by atoms with van der Waals surface area (Å²) in [4.78, 5) is 38.1. The Kier molecular flexibility index (Phi) is 7.22. The van der Waals surface area contributed by atoms with E-state index in [1.54, 1.807) is 23.1 Å². The largest absolute Gasteiger partial charge is 0.452 e. The molecule has 0 aliphatic carbocycles. The zero-order chi connectivity index (χ0) is 21.5. The molecule has 1 heterocycles. The van der Waals surface area contributed by atoms with Crippen molar-refractivity contribution in [1.29, 1.82) is 0 Å². The Morgan fingerprint density at radius 2 is 1.90 bits per heavy atom. The van der Waals surface area contributed by atoms with Gasteiger partial charge in [0.2, 0.25) is 5.91 Å². The molecule has 6 heteroatoms. The number of benzene rings is 2. The third kappa shape index (κ3) is 5.69. The molecule has 2 aromatic carbocycles. The number of carbonyl (C=O) groups excluding carboxylic acids is 3. The van der Waals surface area contributed by atoms with Crippen LogP contribution < -0.4 is 5.32 Å². The number of carbonyl (C=O) groups is 3. The molecular formula is C24H28N2O4. The van der Waals surface area contributed by atoms with Gasteiger partial charge in [-0.1, -0.05) is 43.3 Å². The van der Waals surface area contributed by atoms with Gasteiger partial charge < -0.3 is 15.0 Å². The molecule has 158 valence electrons. The molecule has 1 saturated heterocycles. The predicted octanol–water partition coefficient (Wildman–Crippen LogP) is 3.41. The fraction of sp³-hybridized carbons (Fsp3) is 0.375. The number of amides is 2. The van der Waals surface area contributed by atoms with Gasteiger partial charge in [0.05, 0.1) is 11.6 Å². The van der Waals surface area contributed by atoms with E-state index in [9.17, 15) is 14.4 Å². The van der Waals surface area contributed by atoms with E-state index in [0.29, 0.717) is 18.5 Å². The molecule has 3 rings (SSSR count). The molecule has 6 nitrogen and oxygen atoms in total. The molecule has 1 atom stereocenters. The van der Waals surface area contributed by atoms with Crippen LogP contribution in [0.1, 0.15) is 59.8 Å². The average molecular weight is 408 g/mol. The normalized spacial score (nSPS) is 14.5. The van der Waals surface area contributed by atoms with Crippen LogP contribution in [-0.2, 0) is 27.3 Å². The van der Waals surface area contributed by atoms with Crippen LogP contribution in [0.25, 0.3) is 0 Å². The van der Waals surface area contributed by atoms with Crippen molar-refractivity contribution in [2.24, 2.45) is 0 Å². The first-order valence-electron chi connectivity index (χ1n) is 10.4. The fourth-order valence-corrected chi connectivity index (χ4v) is 3.51. The highest BCUT2D eigenvalue weighted by molar-refractivity contribution is 5.91. The maximum Gasteiger partial charge on any atom is 0.338 e. The summed E-state index contributed by atoms with van der Waals surface area (Å²) in [6.07, 6.45) is 2.42. The monoisotopic (exact) mass is 408 g/mol. The molecule has 1 N–H and O–H groups in total. The number of likely N-dealkylation sites (tertiary alicyclic amines) is 1. The lowest BCUT2D eigenvalue weighted by atomic mass is 10.1. The van der Waals surface area contributed by atoms with E-state index in [0.717, 1.165) is 30.5 Å². The Morgan fingerprint density at radius 3 is 2.57 bits per heavy atom. The number of nitrogens with one attached hydrogen (secondary N) is 1. The molecule has 1 fully saturated rings. The number of ether oxygens (including phenoxy) is 1. The van der Waals surface area contributed by atoms with Crippen LogP contribution in [0.15, 0.2) is 48.5 Å². The van der Waals surface area contributed by atoms with Gasteiger partial charge in [-0.15, -0.1) is 0 Å². The molecule has 0 radical (unpaired) electrons. The first kappa shape index (κ1) is 21.6. The van der Waals surface area contributed by atoms with E-state index in [-0.39, 0.29) is 24.5 Å². The molecule has 0 aromatic heterocycles. The van der Waals surface area contributed by atoms with Gasteiger partial charge >= 0.3 is 5.97 Å². The van der Waals surface area contributed by atoms with Gasteiger partial charge in [0.25, 0.3) is 5.91 Å². The minimum Gasteiger partial charge on any atom is -0.452 e. The lowest BCUT2D eigenvalue weighted by Gasteiger charge is -2.16. The van der Waals surface area contributed by atoms with Crippen molar-refractivity contribution in [3.63, 3.8) is 0 Å². The summed E-state index contributed by atoms with van der Waals surface area (Å²) >= 11 is 0. The molecule has 0 saturated carbocycles. The van der Waals surface area contributed by atoms with Gasteiger partial charge in [-0.05, 0) is 48.6 Å². The number of hydrogen-bond acceptors (Lipinski definition) is 4. The maximum absolute atomic E-state index is 12.3. The summed E-state index contributed by atoms with van der Waals surface area (Å²) in [5.41, 5.74) is 3.47. The van der Waals surface area contributed by atoms with Crippen LogP contribution in [0.2, 0.25) is 0 Å². The van der Waals surface area contributed by atoms with Crippen molar-refractivity contribution >= 4 is 17.8 Å². The average Bonchev–Trinajstić information content (AvgIpc) is 3.16. The first-order valence-corrected chi connectivity index (χ1v) is 10.4. The highest BCUT2D eigenvalue weighted by Crippen LogP contribution is 2.16. The molecular weight excluding hydrogens is 380 g/mol. The van der Waals surface area contributed by atoms with Gasteiger partial charge in [-0.25, -0.2) is 4.79 Å².